The molecule has 5 heterocycles. The van der Waals surface area contributed by atoms with Crippen LogP contribution < -0.4 is 21.8 Å². The fraction of sp³-hybridized carbons (Fsp3) is 0.403. The molecule has 0 aliphatic carbocycles. The van der Waals surface area contributed by atoms with Crippen LogP contribution in [0.15, 0.2) is 148 Å². The first kappa shape index (κ1) is 65.5. The van der Waals surface area contributed by atoms with E-state index in [1.807, 2.05) is 171 Å². The van der Waals surface area contributed by atoms with Gasteiger partial charge in [-0.2, -0.15) is 0 Å². The van der Waals surface area contributed by atoms with Gasteiger partial charge in [0, 0.05) is 84.6 Å². The minimum absolute atomic E-state index is 0.0259. The lowest BCUT2D eigenvalue weighted by molar-refractivity contribution is -0.132. The van der Waals surface area contributed by atoms with Gasteiger partial charge in [0.25, 0.3) is 11.1 Å². The molecule has 87 heavy (non-hydrogen) atoms. The number of hydrogen-bond acceptors (Lipinski definition) is 14. The van der Waals surface area contributed by atoms with E-state index in [4.69, 9.17) is 26.7 Å². The third-order valence-corrected chi connectivity index (χ3v) is 17.2. The summed E-state index contributed by atoms with van der Waals surface area (Å²) in [7, 11) is 3.75. The Kier molecular flexibility index (Phi) is 25.3. The van der Waals surface area contributed by atoms with Gasteiger partial charge in [-0.15, -0.1) is 0 Å². The van der Waals surface area contributed by atoms with E-state index in [0.29, 0.717) is 72.0 Å². The smallest absolute Gasteiger partial charge is 0.262 e. The highest BCUT2D eigenvalue weighted by Gasteiger charge is 2.36. The Labute approximate surface area is 518 Å². The van der Waals surface area contributed by atoms with Gasteiger partial charge in [0.05, 0.1) is 41.4 Å². The molecule has 18 nitrogen and oxygen atoms in total. The number of aromatic amines is 1. The number of piperazine rings is 1. The van der Waals surface area contributed by atoms with Gasteiger partial charge in [0.1, 0.15) is 24.7 Å². The number of thioether (sulfide) groups is 1. The molecule has 2 aromatic heterocycles. The van der Waals surface area contributed by atoms with Crippen molar-refractivity contribution >= 4 is 91.3 Å². The average molecular weight is 1220 g/mol. The van der Waals surface area contributed by atoms with Gasteiger partial charge < -0.3 is 39.7 Å². The minimum atomic E-state index is -0.624. The Morgan fingerprint density at radius 1 is 0.701 bits per heavy atom. The van der Waals surface area contributed by atoms with Crippen molar-refractivity contribution in [1.29, 1.82) is 0 Å². The van der Waals surface area contributed by atoms with Crippen molar-refractivity contribution in [2.75, 3.05) is 106 Å². The number of nitrogens with zero attached hydrogens (tertiary/aromatic N) is 7. The number of benzene rings is 6. The quantitative estimate of drug-likeness (QED) is 0.0165. The summed E-state index contributed by atoms with van der Waals surface area (Å²) in [5.74, 6) is 0.00951. The van der Waals surface area contributed by atoms with Crippen LogP contribution in [0.4, 0.5) is 0 Å². The molecule has 460 valence electrons. The second kappa shape index (κ2) is 33.6. The predicted molar refractivity (Wildman–Crippen MR) is 350 cm³/mol. The third-order valence-electron chi connectivity index (χ3n) is 15.7. The van der Waals surface area contributed by atoms with Crippen LogP contribution in [0.1, 0.15) is 55.9 Å². The van der Waals surface area contributed by atoms with E-state index in [0.717, 1.165) is 110 Å². The zero-order valence-corrected chi connectivity index (χ0v) is 52.1. The van der Waals surface area contributed by atoms with Crippen molar-refractivity contribution in [3.05, 3.63) is 170 Å². The maximum Gasteiger partial charge on any atom is 0.262 e. The molecule has 0 saturated carbocycles. The Hall–Kier alpha value is -7.43. The zero-order chi connectivity index (χ0) is 61.5. The molecule has 0 spiro atoms. The van der Waals surface area contributed by atoms with Crippen molar-refractivity contribution in [2.24, 2.45) is 0 Å². The number of likely N-dealkylation sites (tertiary alicyclic amines) is 2. The number of H-pyrrole nitrogens is 1. The van der Waals surface area contributed by atoms with Crippen LogP contribution in [-0.4, -0.2) is 175 Å². The van der Waals surface area contributed by atoms with Crippen LogP contribution in [0.25, 0.3) is 43.4 Å². The molecule has 6 aromatic carbocycles. The van der Waals surface area contributed by atoms with E-state index in [9.17, 15) is 28.8 Å². The Morgan fingerprint density at radius 3 is 1.86 bits per heavy atom. The number of ether oxygens (including phenoxy) is 2. The Balaban J connectivity index is 0.000000224. The molecular formula is C67H82N10O8S2. The zero-order valence-electron chi connectivity index (χ0n) is 50.5. The monoisotopic (exact) mass is 1220 g/mol. The molecule has 0 bridgehead atoms. The van der Waals surface area contributed by atoms with Crippen LogP contribution in [0, 0.1) is 4.77 Å². The second-order valence-corrected chi connectivity index (χ2v) is 23.1. The number of aromatic nitrogens is 4. The minimum Gasteiger partial charge on any atom is -0.373 e. The van der Waals surface area contributed by atoms with Gasteiger partial charge >= 0.3 is 0 Å². The lowest BCUT2D eigenvalue weighted by Crippen LogP contribution is -2.48. The highest BCUT2D eigenvalue weighted by Crippen LogP contribution is 2.38. The maximum absolute atomic E-state index is 14.4. The summed E-state index contributed by atoms with van der Waals surface area (Å²) in [5, 5.41) is 11.0. The molecule has 0 unspecified atom stereocenters. The largest absolute Gasteiger partial charge is 0.373 e. The summed E-state index contributed by atoms with van der Waals surface area (Å²) in [6.07, 6.45) is 5.29. The number of fused-ring (bicyclic) bond motifs is 4. The van der Waals surface area contributed by atoms with Crippen LogP contribution in [0.3, 0.4) is 0 Å². The van der Waals surface area contributed by atoms with Crippen molar-refractivity contribution in [2.45, 2.75) is 75.5 Å². The molecule has 3 fully saturated rings. The average Bonchev–Trinajstić information content (AvgIpc) is 2.37. The lowest BCUT2D eigenvalue weighted by Gasteiger charge is -2.34. The van der Waals surface area contributed by atoms with E-state index in [1.54, 1.807) is 9.13 Å². The van der Waals surface area contributed by atoms with Crippen molar-refractivity contribution in [3.8, 4) is 0 Å². The predicted octanol–water partition coefficient (Wildman–Crippen LogP) is 8.28. The first-order valence-corrected chi connectivity index (χ1v) is 31.5. The normalized spacial score (nSPS) is 15.5. The maximum atomic E-state index is 14.4. The van der Waals surface area contributed by atoms with Gasteiger partial charge in [-0.05, 0) is 123 Å². The first-order valence-electron chi connectivity index (χ1n) is 30.2. The van der Waals surface area contributed by atoms with Crippen molar-refractivity contribution < 1.29 is 28.7 Å². The summed E-state index contributed by atoms with van der Waals surface area (Å²) >= 11 is 6.50. The molecule has 3 N–H and O–H groups in total. The molecule has 3 saturated heterocycles. The molecule has 0 radical (unpaired) electrons. The van der Waals surface area contributed by atoms with Crippen molar-refractivity contribution in [3.63, 3.8) is 0 Å². The van der Waals surface area contributed by atoms with Gasteiger partial charge in [0.2, 0.25) is 17.7 Å². The number of hydrogen-bond donors (Lipinski definition) is 3. The molecular weight excluding hydrogens is 1140 g/mol. The van der Waals surface area contributed by atoms with Gasteiger partial charge in [-0.3, -0.25) is 42.9 Å². The Morgan fingerprint density at radius 2 is 1.25 bits per heavy atom. The summed E-state index contributed by atoms with van der Waals surface area (Å²) in [5.41, 5.74) is 3.21. The number of amides is 3. The number of carbonyl (C=O) groups excluding carboxylic acids is 4. The van der Waals surface area contributed by atoms with Crippen LogP contribution in [-0.2, 0) is 48.2 Å². The van der Waals surface area contributed by atoms with E-state index in [-0.39, 0.29) is 48.1 Å². The third kappa shape index (κ3) is 18.1. The first-order chi connectivity index (χ1) is 42.4. The lowest BCUT2D eigenvalue weighted by atomic mass is 10.1. The van der Waals surface area contributed by atoms with E-state index in [2.05, 4.69) is 25.4 Å². The number of carbonyl (C=O) groups is 4. The summed E-state index contributed by atoms with van der Waals surface area (Å²) in [6, 6.07) is 43.1. The highest BCUT2D eigenvalue weighted by atomic mass is 32.2. The second-order valence-electron chi connectivity index (χ2n) is 21.7. The van der Waals surface area contributed by atoms with Gasteiger partial charge in [0.15, 0.2) is 9.93 Å². The number of aldehydes is 1. The van der Waals surface area contributed by atoms with E-state index < -0.39 is 5.25 Å². The molecule has 3 amide bonds. The fourth-order valence-corrected chi connectivity index (χ4v) is 12.6. The molecule has 3 aliphatic rings. The van der Waals surface area contributed by atoms with Crippen LogP contribution in [0.2, 0.25) is 0 Å². The molecule has 8 aromatic rings. The summed E-state index contributed by atoms with van der Waals surface area (Å²) in [6.45, 7) is 14.1. The van der Waals surface area contributed by atoms with Crippen molar-refractivity contribution in [1.82, 2.24) is 49.3 Å². The van der Waals surface area contributed by atoms with Gasteiger partial charge in [-0.1, -0.05) is 121 Å². The fourth-order valence-electron chi connectivity index (χ4n) is 11.0. The summed E-state index contributed by atoms with van der Waals surface area (Å²) < 4.78 is 14.7. The topological polar surface area (TPSA) is 196 Å². The van der Waals surface area contributed by atoms with E-state index in [1.165, 1.54) is 24.6 Å². The number of rotatable bonds is 20. The number of nitrogens with one attached hydrogen (secondary N) is 3. The molecule has 11 rings (SSSR count). The SMILES string of the molecule is CCn1c(=S)[nH]c2cc3ccccc3cc2c1=O.CCn1c(S[C@@H](C(=O)N2CCC[C@@H]2CNC(=O)COCCN2CCN(CCOCC=O)CC2)c2ccccc2)nc2cc3ccccc3cc2c1=O.CNC.O=C(Cc1ccccc1)N1CCCC1. The van der Waals surface area contributed by atoms with Gasteiger partial charge in [-0.25, -0.2) is 4.98 Å². The van der Waals surface area contributed by atoms with E-state index >= 15 is 0 Å². The molecule has 2 atom stereocenters. The Bertz CT molecular complexity index is 3740. The highest BCUT2D eigenvalue weighted by molar-refractivity contribution is 8.00. The summed E-state index contributed by atoms with van der Waals surface area (Å²) in [4.78, 5) is 91.9. The van der Waals surface area contributed by atoms with Crippen LogP contribution >= 0.6 is 24.0 Å². The molecule has 20 heteroatoms. The molecule has 3 aliphatic heterocycles. The van der Waals surface area contributed by atoms with Crippen LogP contribution in [0.5, 0.6) is 0 Å². The standard InChI is InChI=1S/C39H48N6O6S.C14H12N2OS.C12H15NO.C2H7N/c1-2-44-37(48)33-25-30-11-6-7-12-31(30)26-34(33)41-39(44)52-36(29-9-4-3-5-10-29)38(49)45-14-8-13-32(45)27-40-35(47)28-51-23-20-43-17-15-42(16-18-43)19-22-50-24-21-46;1-2-16-13(17)11-7-9-5-3-4-6-10(9)8-12(11)15-14(16)18;14-12(13-8-4-5-9-13)10-11-6-2-1-3-7-11;1-3-2/h3-7,9-12,21,25-26,32,36H,2,8,13-20,22-24,27-28H2,1H3,(H,40,47);3-8H,2H2,1H3,(H,15,18);1-3,6-7H,4-5,8-10H2;3H,1-2H3/t32-,36-;;;/m1.../s1.